The number of hydrogen-bond donors (Lipinski definition) is 17. The molecule has 33 nitrogen and oxygen atoms in total. The fourth-order valence-electron chi connectivity index (χ4n) is 10.3. The number of aliphatic carboxylic acids is 2. The molecule has 20 N–H and O–H groups in total. The number of thioether (sulfide) groups is 1. The van der Waals surface area contributed by atoms with E-state index in [0.29, 0.717) is 22.1 Å². The molecule has 4 rings (SSSR count). The van der Waals surface area contributed by atoms with Crippen LogP contribution >= 0.6 is 11.8 Å². The molecule has 12 amide bonds. The largest absolute Gasteiger partial charge is 0.481 e. The number of H-pyrrole nitrogens is 1. The van der Waals surface area contributed by atoms with E-state index in [9.17, 15) is 77.3 Å². The Hall–Kier alpha value is -9.05. The van der Waals surface area contributed by atoms with Crippen molar-refractivity contribution < 1.29 is 77.3 Å². The van der Waals surface area contributed by atoms with E-state index in [2.05, 4.69) is 73.4 Å². The van der Waals surface area contributed by atoms with Crippen molar-refractivity contribution in [1.82, 2.24) is 68.5 Å². The minimum absolute atomic E-state index is 0.00124. The van der Waals surface area contributed by atoms with E-state index in [1.807, 2.05) is 27.7 Å². The van der Waals surface area contributed by atoms with Gasteiger partial charge in [0.05, 0.1) is 30.3 Å². The number of benzene rings is 1. The van der Waals surface area contributed by atoms with Crippen molar-refractivity contribution in [2.75, 3.05) is 18.8 Å². The number of nitrogens with two attached hydrogens (primary N) is 3. The van der Waals surface area contributed by atoms with Gasteiger partial charge in [-0.15, -0.1) is 11.8 Å². The van der Waals surface area contributed by atoms with Crippen LogP contribution in [0.3, 0.4) is 0 Å². The third-order valence-electron chi connectivity index (χ3n) is 15.9. The van der Waals surface area contributed by atoms with E-state index in [4.69, 9.17) is 17.2 Å². The fraction of sp³-hybridized carbons (Fsp3) is 0.619. The first-order valence-corrected chi connectivity index (χ1v) is 33.5. The molecule has 34 heteroatoms. The molecular formula is C63H97N17O16S. The SMILES string of the molecule is CC(C)C[C@H](NC(=O)[C@@H]1CSC([C@@H](N)C(C)C)=N1)C(=O)N[C@H](CCC(=O)O)C(=O)N[C@H](C(=O)NCCCC[C@@H]1NC(=O)[C@H](CC(N)=O)NC(=O)[C@@H](CC(=O)O)NC(=O)[C@H](Cc2cnc[nH]2)NC(=O)[C@@H](Cc2ccccc2)NC(=O)[C@H](C(C)C)NC(=O)[C@@H](CCCN)NC1=O)C(C)C. The Morgan fingerprint density at radius 2 is 1.16 bits per heavy atom. The number of hydrogen-bond acceptors (Lipinski definition) is 19. The van der Waals surface area contributed by atoms with E-state index in [-0.39, 0.29) is 82.3 Å². The number of primary amides is 1. The van der Waals surface area contributed by atoms with Crippen molar-refractivity contribution in [3.63, 3.8) is 0 Å². The number of aliphatic imine (C=N–C) groups is 1. The molecule has 2 aromatic rings. The molecule has 1 aromatic carbocycles. The van der Waals surface area contributed by atoms with Crippen LogP contribution in [0, 0.1) is 23.7 Å². The fourth-order valence-corrected chi connectivity index (χ4v) is 11.5. The molecule has 0 unspecified atom stereocenters. The zero-order valence-electron chi connectivity index (χ0n) is 56.0. The van der Waals surface area contributed by atoms with Crippen LogP contribution < -0.4 is 75.7 Å². The third kappa shape index (κ3) is 27.2. The Balaban J connectivity index is 1.64. The highest BCUT2D eigenvalue weighted by atomic mass is 32.2. The predicted octanol–water partition coefficient (Wildman–Crippen LogP) is -2.85. The quantitative estimate of drug-likeness (QED) is 0.0328. The van der Waals surface area contributed by atoms with Gasteiger partial charge in [-0.3, -0.25) is 72.1 Å². The van der Waals surface area contributed by atoms with E-state index < -0.39 is 187 Å². The zero-order valence-corrected chi connectivity index (χ0v) is 56.8. The van der Waals surface area contributed by atoms with Crippen molar-refractivity contribution in [1.29, 1.82) is 0 Å². The molecule has 536 valence electrons. The summed E-state index contributed by atoms with van der Waals surface area (Å²) in [7, 11) is 0. The number of carboxylic acids is 2. The summed E-state index contributed by atoms with van der Waals surface area (Å²) in [6.07, 6.45) is -0.907. The molecule has 0 bridgehead atoms. The standard InChI is InChI=1S/C63H97N17O16S/c1-31(2)23-40(73-60(94)45-29-97-63(78-45)49(66)32(3)4)55(89)72-39(19-20-47(82)83)54(88)79-50(33(5)6)61(95)68-22-13-12-17-37-52(86)70-38(18-14-21-64)53(87)80-51(34(7)8)62(96)77-41(24-35-15-10-9-11-16-35)56(90)74-42(25-36-28-67-30-69-36)57(91)76-44(27-48(84)85)59(93)75-43(26-46(65)81)58(92)71-37/h9-11,15-16,28,30-34,37-45,49-51H,12-14,17-27,29,64,66H2,1-8H3,(H2,65,81)(H,67,69)(H,68,95)(H,70,86)(H,71,92)(H,72,89)(H,73,94)(H,74,90)(H,75,93)(H,76,91)(H,77,96)(H,79,88)(H,80,87)(H,82,83)(H,84,85)/t37-,38+,39+,40-,41+,42-,43-,44+,45-,49-,50-,51-/m0/s1. The number of aromatic amines is 1. The second-order valence-corrected chi connectivity index (χ2v) is 26.6. The molecule has 0 radical (unpaired) electrons. The van der Waals surface area contributed by atoms with Gasteiger partial charge in [-0.05, 0) is 80.7 Å². The predicted molar refractivity (Wildman–Crippen MR) is 355 cm³/mol. The monoisotopic (exact) mass is 1380 g/mol. The zero-order chi connectivity index (χ0) is 72.2. The van der Waals surface area contributed by atoms with Gasteiger partial charge in [0, 0.05) is 43.5 Å². The maximum Gasteiger partial charge on any atom is 0.305 e. The average Bonchev–Trinajstić information content (AvgIpc) is 1.86. The van der Waals surface area contributed by atoms with Crippen molar-refractivity contribution in [3.05, 3.63) is 54.1 Å². The van der Waals surface area contributed by atoms with Gasteiger partial charge in [0.15, 0.2) is 0 Å². The molecule has 97 heavy (non-hydrogen) atoms. The lowest BCUT2D eigenvalue weighted by molar-refractivity contribution is -0.142. The topological polar surface area (TPSA) is 531 Å². The van der Waals surface area contributed by atoms with Crippen LogP contribution in [0.5, 0.6) is 0 Å². The number of imidazole rings is 1. The minimum Gasteiger partial charge on any atom is -0.481 e. The number of aromatic nitrogens is 2. The minimum atomic E-state index is -2.00. The lowest BCUT2D eigenvalue weighted by atomic mass is 9.99. The van der Waals surface area contributed by atoms with Crippen LogP contribution in [-0.2, 0) is 80.0 Å². The molecule has 1 aromatic heterocycles. The third-order valence-corrected chi connectivity index (χ3v) is 17.0. The first-order chi connectivity index (χ1) is 45.8. The van der Waals surface area contributed by atoms with E-state index in [0.717, 1.165) is 0 Å². The Bertz CT molecular complexity index is 3100. The maximum absolute atomic E-state index is 14.6. The van der Waals surface area contributed by atoms with Crippen LogP contribution in [-0.4, -0.2) is 199 Å². The van der Waals surface area contributed by atoms with Crippen molar-refractivity contribution in [2.24, 2.45) is 45.9 Å². The molecule has 12 atom stereocenters. The first-order valence-electron chi connectivity index (χ1n) is 32.5. The van der Waals surface area contributed by atoms with Crippen LogP contribution in [0.4, 0.5) is 0 Å². The molecular weight excluding hydrogens is 1280 g/mol. The number of nitrogens with one attached hydrogen (secondary N) is 12. The van der Waals surface area contributed by atoms with Gasteiger partial charge in [-0.2, -0.15) is 0 Å². The Morgan fingerprint density at radius 3 is 1.71 bits per heavy atom. The normalized spacial score (nSPS) is 22.2. The van der Waals surface area contributed by atoms with Crippen molar-refractivity contribution >= 4 is 99.6 Å². The van der Waals surface area contributed by atoms with E-state index in [1.165, 1.54) is 24.3 Å². The average molecular weight is 1380 g/mol. The number of unbranched alkanes of at least 4 members (excludes halogenated alkanes) is 1. The second kappa shape index (κ2) is 39.9. The molecule has 0 aliphatic carbocycles. The summed E-state index contributed by atoms with van der Waals surface area (Å²) < 4.78 is 0. The summed E-state index contributed by atoms with van der Waals surface area (Å²) >= 11 is 1.34. The number of rotatable bonds is 32. The van der Waals surface area contributed by atoms with Gasteiger partial charge in [0.2, 0.25) is 70.9 Å². The number of carboxylic acid groups (broad SMARTS) is 2. The lowest BCUT2D eigenvalue weighted by Crippen LogP contribution is -2.61. The molecule has 2 aliphatic rings. The summed E-state index contributed by atoms with van der Waals surface area (Å²) in [6.45, 7) is 13.8. The van der Waals surface area contributed by atoms with Gasteiger partial charge in [-0.1, -0.05) is 85.7 Å². The van der Waals surface area contributed by atoms with Gasteiger partial charge in [0.25, 0.3) is 0 Å². The summed E-state index contributed by atoms with van der Waals surface area (Å²) in [5.74, 6) is -15.3. The highest BCUT2D eigenvalue weighted by Crippen LogP contribution is 2.23. The van der Waals surface area contributed by atoms with Gasteiger partial charge in [-0.25, -0.2) is 4.98 Å². The second-order valence-electron chi connectivity index (χ2n) is 25.5. The van der Waals surface area contributed by atoms with Gasteiger partial charge < -0.3 is 90.9 Å². The molecule has 1 fully saturated rings. The number of carbonyl (C=O) groups excluding carboxylic acids is 12. The van der Waals surface area contributed by atoms with Gasteiger partial charge >= 0.3 is 11.9 Å². The maximum atomic E-state index is 14.6. The Labute approximate surface area is 567 Å². The Morgan fingerprint density at radius 1 is 0.619 bits per heavy atom. The highest BCUT2D eigenvalue weighted by Gasteiger charge is 2.39. The van der Waals surface area contributed by atoms with Gasteiger partial charge in [0.1, 0.15) is 66.5 Å². The van der Waals surface area contributed by atoms with Crippen LogP contribution in [0.25, 0.3) is 0 Å². The molecule has 1 saturated heterocycles. The molecule has 0 saturated carbocycles. The summed E-state index contributed by atoms with van der Waals surface area (Å²) in [5.41, 5.74) is 18.6. The number of amides is 12. The Kier molecular flexibility index (Phi) is 33.0. The van der Waals surface area contributed by atoms with E-state index in [1.54, 1.807) is 58.0 Å². The number of carbonyl (C=O) groups is 14. The smallest absolute Gasteiger partial charge is 0.305 e. The number of nitrogens with zero attached hydrogens (tertiary/aromatic N) is 2. The first kappa shape index (κ1) is 80.4. The lowest BCUT2D eigenvalue weighted by Gasteiger charge is -2.29. The summed E-state index contributed by atoms with van der Waals surface area (Å²) in [4.78, 5) is 204. The van der Waals surface area contributed by atoms with Crippen molar-refractivity contribution in [3.8, 4) is 0 Å². The van der Waals surface area contributed by atoms with E-state index >= 15 is 0 Å². The van der Waals surface area contributed by atoms with Crippen LogP contribution in [0.2, 0.25) is 0 Å². The van der Waals surface area contributed by atoms with Crippen LogP contribution in [0.1, 0.15) is 131 Å². The van der Waals surface area contributed by atoms with Crippen LogP contribution in [0.15, 0.2) is 47.8 Å². The highest BCUT2D eigenvalue weighted by molar-refractivity contribution is 8.14. The molecule has 3 heterocycles. The molecule has 0 spiro atoms. The summed E-state index contributed by atoms with van der Waals surface area (Å²) in [6, 6.07) is -8.12. The molecule has 2 aliphatic heterocycles. The summed E-state index contributed by atoms with van der Waals surface area (Å²) in [5, 5.41) is 48.5. The van der Waals surface area contributed by atoms with Crippen molar-refractivity contribution in [2.45, 2.75) is 205 Å².